The van der Waals surface area contributed by atoms with E-state index in [4.69, 9.17) is 5.11 Å². The molecule has 0 amide bonds. The predicted molar refractivity (Wildman–Crippen MR) is 37.9 cm³/mol. The Morgan fingerprint density at radius 1 is 1.80 bits per heavy atom. The van der Waals surface area contributed by atoms with Crippen molar-refractivity contribution in [2.24, 2.45) is 0 Å². The number of aliphatic hydroxyl groups excluding tert-OH is 1. The average Bonchev–Trinajstić information content (AvgIpc) is 2.12. The zero-order chi connectivity index (χ0) is 7.61. The largest absolute Gasteiger partial charge is 0.632 e. The molecule has 1 fully saturated rings. The van der Waals surface area contributed by atoms with Gasteiger partial charge in [-0.05, 0) is 6.92 Å². The first-order chi connectivity index (χ1) is 4.62. The molecular weight excluding hydrogens is 132 g/mol. The summed E-state index contributed by atoms with van der Waals surface area (Å²) in [6.45, 7) is 3.77. The van der Waals surface area contributed by atoms with E-state index in [1.165, 1.54) is 0 Å². The fraction of sp³-hybridized carbons (Fsp3) is 1.00. The lowest BCUT2D eigenvalue weighted by molar-refractivity contribution is -0.871. The highest BCUT2D eigenvalue weighted by molar-refractivity contribution is 4.56. The molecule has 0 spiro atoms. The molecule has 2 unspecified atom stereocenters. The Labute approximate surface area is 60.6 Å². The zero-order valence-corrected chi connectivity index (χ0v) is 6.21. The third kappa shape index (κ3) is 1.91. The standard InChI is InChI=1S/C6H14N2O2/c1-6(9)4-8(10)3-2-7-5-8/h6-7,9H,2-5H2,1H3. The topological polar surface area (TPSA) is 55.3 Å². The number of rotatable bonds is 2. The Hall–Kier alpha value is -0.160. The lowest BCUT2D eigenvalue weighted by atomic mass is 10.4. The molecule has 10 heavy (non-hydrogen) atoms. The molecule has 0 aromatic carbocycles. The van der Waals surface area contributed by atoms with E-state index in [0.29, 0.717) is 19.8 Å². The smallest absolute Gasteiger partial charge is 0.132 e. The third-order valence-corrected chi connectivity index (χ3v) is 1.69. The minimum atomic E-state index is -0.489. The van der Waals surface area contributed by atoms with Crippen LogP contribution < -0.4 is 5.32 Å². The van der Waals surface area contributed by atoms with Crippen LogP contribution in [-0.4, -0.2) is 42.2 Å². The molecule has 60 valence electrons. The second-order valence-electron chi connectivity index (χ2n) is 2.97. The Balaban J connectivity index is 2.36. The van der Waals surface area contributed by atoms with Crippen molar-refractivity contribution in [3.05, 3.63) is 5.21 Å². The molecule has 1 heterocycles. The molecule has 2 atom stereocenters. The third-order valence-electron chi connectivity index (χ3n) is 1.69. The highest BCUT2D eigenvalue weighted by Gasteiger charge is 2.23. The van der Waals surface area contributed by atoms with Gasteiger partial charge in [0.2, 0.25) is 0 Å². The first-order valence-corrected chi connectivity index (χ1v) is 3.58. The lowest BCUT2D eigenvalue weighted by Crippen LogP contribution is -2.45. The van der Waals surface area contributed by atoms with Gasteiger partial charge in [0.25, 0.3) is 0 Å². The number of nitrogens with zero attached hydrogens (tertiary/aromatic N) is 1. The lowest BCUT2D eigenvalue weighted by Gasteiger charge is -2.38. The monoisotopic (exact) mass is 146 g/mol. The summed E-state index contributed by atoms with van der Waals surface area (Å²) >= 11 is 0. The van der Waals surface area contributed by atoms with Crippen LogP contribution in [0.2, 0.25) is 0 Å². The maximum Gasteiger partial charge on any atom is 0.132 e. The number of quaternary nitrogens is 1. The van der Waals surface area contributed by atoms with Gasteiger partial charge in [0.1, 0.15) is 19.3 Å². The summed E-state index contributed by atoms with van der Waals surface area (Å²) in [5.41, 5.74) is 0. The number of aliphatic hydroxyl groups is 1. The number of hydrogen-bond acceptors (Lipinski definition) is 3. The average molecular weight is 146 g/mol. The van der Waals surface area contributed by atoms with Crippen LogP contribution in [0.25, 0.3) is 0 Å². The summed E-state index contributed by atoms with van der Waals surface area (Å²) in [4.78, 5) is 0. The van der Waals surface area contributed by atoms with Gasteiger partial charge >= 0.3 is 0 Å². The Bertz CT molecular complexity index is 110. The summed E-state index contributed by atoms with van der Waals surface area (Å²) in [6.07, 6.45) is -0.489. The van der Waals surface area contributed by atoms with Crippen LogP contribution in [0.3, 0.4) is 0 Å². The van der Waals surface area contributed by atoms with Crippen molar-refractivity contribution >= 4 is 0 Å². The van der Waals surface area contributed by atoms with Gasteiger partial charge in [0, 0.05) is 0 Å². The molecule has 4 heteroatoms. The fourth-order valence-electron chi connectivity index (χ4n) is 1.28. The second-order valence-corrected chi connectivity index (χ2v) is 2.97. The van der Waals surface area contributed by atoms with Crippen LogP contribution in [0, 0.1) is 5.21 Å². The van der Waals surface area contributed by atoms with E-state index < -0.39 is 6.10 Å². The molecule has 0 saturated carbocycles. The van der Waals surface area contributed by atoms with Crippen LogP contribution in [-0.2, 0) is 0 Å². The van der Waals surface area contributed by atoms with Gasteiger partial charge in [-0.25, -0.2) is 0 Å². The summed E-state index contributed by atoms with van der Waals surface area (Å²) in [5.74, 6) is 0. The van der Waals surface area contributed by atoms with Gasteiger partial charge in [0.15, 0.2) is 0 Å². The van der Waals surface area contributed by atoms with E-state index in [1.54, 1.807) is 6.92 Å². The molecule has 0 radical (unpaired) electrons. The summed E-state index contributed by atoms with van der Waals surface area (Å²) in [5, 5.41) is 23.3. The van der Waals surface area contributed by atoms with E-state index in [1.807, 2.05) is 0 Å². The molecule has 0 aromatic heterocycles. The highest BCUT2D eigenvalue weighted by atomic mass is 16.6. The van der Waals surface area contributed by atoms with Crippen LogP contribution in [0.5, 0.6) is 0 Å². The van der Waals surface area contributed by atoms with Gasteiger partial charge in [-0.2, -0.15) is 0 Å². The van der Waals surface area contributed by atoms with Crippen molar-refractivity contribution in [1.82, 2.24) is 5.32 Å². The van der Waals surface area contributed by atoms with Gasteiger partial charge in [-0.15, -0.1) is 0 Å². The van der Waals surface area contributed by atoms with Gasteiger partial charge in [0.05, 0.1) is 13.1 Å². The molecule has 0 aromatic rings. The number of nitrogens with one attached hydrogen (secondary N) is 1. The molecule has 1 rings (SSSR count). The molecule has 0 aliphatic carbocycles. The van der Waals surface area contributed by atoms with Crippen molar-refractivity contribution in [2.75, 3.05) is 26.3 Å². The quantitative estimate of drug-likeness (QED) is 0.398. The number of hydroxylamine groups is 3. The maximum absolute atomic E-state index is 11.4. The van der Waals surface area contributed by atoms with Crippen LogP contribution >= 0.6 is 0 Å². The SMILES string of the molecule is CC(O)C[N+]1([O-])CCNC1. The zero-order valence-electron chi connectivity index (χ0n) is 6.21. The van der Waals surface area contributed by atoms with E-state index in [9.17, 15) is 5.21 Å². The highest BCUT2D eigenvalue weighted by Crippen LogP contribution is 2.07. The first kappa shape index (κ1) is 7.94. The minimum Gasteiger partial charge on any atom is -0.632 e. The molecule has 1 saturated heterocycles. The molecule has 4 nitrogen and oxygen atoms in total. The Morgan fingerprint density at radius 2 is 2.50 bits per heavy atom. The van der Waals surface area contributed by atoms with Crippen molar-refractivity contribution in [3.63, 3.8) is 0 Å². The van der Waals surface area contributed by atoms with Crippen molar-refractivity contribution in [3.8, 4) is 0 Å². The van der Waals surface area contributed by atoms with Crippen molar-refractivity contribution in [2.45, 2.75) is 13.0 Å². The van der Waals surface area contributed by atoms with Crippen LogP contribution in [0.4, 0.5) is 0 Å². The fourth-order valence-corrected chi connectivity index (χ4v) is 1.28. The molecular formula is C6H14N2O2. The molecule has 0 bridgehead atoms. The van der Waals surface area contributed by atoms with E-state index >= 15 is 0 Å². The Morgan fingerprint density at radius 3 is 2.90 bits per heavy atom. The van der Waals surface area contributed by atoms with Crippen LogP contribution in [0.1, 0.15) is 6.92 Å². The number of hydrogen-bond donors (Lipinski definition) is 2. The summed E-state index contributed by atoms with van der Waals surface area (Å²) < 4.78 is -0.280. The van der Waals surface area contributed by atoms with E-state index in [2.05, 4.69) is 5.32 Å². The van der Waals surface area contributed by atoms with Crippen LogP contribution in [0.15, 0.2) is 0 Å². The molecule has 1 aliphatic rings. The second kappa shape index (κ2) is 2.84. The maximum atomic E-state index is 11.4. The van der Waals surface area contributed by atoms with Crippen molar-refractivity contribution < 1.29 is 9.75 Å². The van der Waals surface area contributed by atoms with E-state index in [-0.39, 0.29) is 4.65 Å². The van der Waals surface area contributed by atoms with Gasteiger partial charge < -0.3 is 15.0 Å². The van der Waals surface area contributed by atoms with Gasteiger partial charge in [-0.1, -0.05) is 0 Å². The Kier molecular flexibility index (Phi) is 2.25. The normalized spacial score (nSPS) is 36.3. The van der Waals surface area contributed by atoms with Crippen molar-refractivity contribution in [1.29, 1.82) is 0 Å². The summed E-state index contributed by atoms with van der Waals surface area (Å²) in [7, 11) is 0. The molecule has 1 aliphatic heterocycles. The predicted octanol–water partition coefficient (Wildman–Crippen LogP) is -0.757. The minimum absolute atomic E-state index is 0.280. The van der Waals surface area contributed by atoms with E-state index in [0.717, 1.165) is 6.54 Å². The van der Waals surface area contributed by atoms with Gasteiger partial charge in [-0.3, -0.25) is 5.32 Å². The first-order valence-electron chi connectivity index (χ1n) is 3.58. The molecule has 2 N–H and O–H groups in total. The summed E-state index contributed by atoms with van der Waals surface area (Å²) in [6, 6.07) is 0.